The van der Waals surface area contributed by atoms with Gasteiger partial charge >= 0.3 is 5.97 Å². The molecule has 2 aromatic rings. The molecule has 2 rings (SSSR count). The average Bonchev–Trinajstić information content (AvgIpc) is 2.60. The fraction of sp³-hybridized carbons (Fsp3) is 0.118. The number of hydrogen-bond donors (Lipinski definition) is 2. The Labute approximate surface area is 142 Å². The number of benzene rings is 2. The van der Waals surface area contributed by atoms with Gasteiger partial charge in [-0.25, -0.2) is 14.6 Å². The summed E-state index contributed by atoms with van der Waals surface area (Å²) < 4.78 is 23.0. The Morgan fingerprint density at radius 2 is 1.80 bits per heavy atom. The highest BCUT2D eigenvalue weighted by Crippen LogP contribution is 2.15. The lowest BCUT2D eigenvalue weighted by Crippen LogP contribution is -2.24. The molecule has 0 aliphatic heterocycles. The minimum atomic E-state index is -1.10. The molecule has 0 spiro atoms. The smallest absolute Gasteiger partial charge is 0.341 e. The summed E-state index contributed by atoms with van der Waals surface area (Å²) in [5.74, 6) is -1.33. The molecule has 0 heterocycles. The van der Waals surface area contributed by atoms with Crippen LogP contribution in [0.5, 0.6) is 11.5 Å². The van der Waals surface area contributed by atoms with Crippen molar-refractivity contribution in [1.82, 2.24) is 5.43 Å². The number of para-hydroxylation sites is 1. The lowest BCUT2D eigenvalue weighted by molar-refractivity contribution is -0.139. The summed E-state index contributed by atoms with van der Waals surface area (Å²) in [6.07, 6.45) is 1.33. The number of rotatable bonds is 8. The Bertz CT molecular complexity index is 762. The first-order valence-corrected chi connectivity index (χ1v) is 7.18. The average molecular weight is 346 g/mol. The second-order valence-electron chi connectivity index (χ2n) is 4.76. The number of ether oxygens (including phenoxy) is 2. The van der Waals surface area contributed by atoms with Crippen LogP contribution >= 0.6 is 0 Å². The van der Waals surface area contributed by atoms with Crippen LogP contribution in [-0.2, 0) is 9.59 Å². The van der Waals surface area contributed by atoms with E-state index in [1.807, 2.05) is 0 Å². The zero-order chi connectivity index (χ0) is 18.1. The van der Waals surface area contributed by atoms with Crippen molar-refractivity contribution in [3.63, 3.8) is 0 Å². The van der Waals surface area contributed by atoms with Crippen LogP contribution in [0.2, 0.25) is 0 Å². The van der Waals surface area contributed by atoms with Gasteiger partial charge < -0.3 is 14.6 Å². The van der Waals surface area contributed by atoms with Gasteiger partial charge in [-0.1, -0.05) is 12.1 Å². The maximum atomic E-state index is 12.7. The van der Waals surface area contributed by atoms with Gasteiger partial charge in [0.15, 0.2) is 13.2 Å². The highest BCUT2D eigenvalue weighted by Gasteiger charge is 2.04. The van der Waals surface area contributed by atoms with Crippen molar-refractivity contribution >= 4 is 18.1 Å². The molecule has 1 amide bonds. The van der Waals surface area contributed by atoms with Crippen LogP contribution in [0.1, 0.15) is 5.56 Å². The van der Waals surface area contributed by atoms with Gasteiger partial charge in [-0.15, -0.1) is 0 Å². The molecule has 0 saturated carbocycles. The quantitative estimate of drug-likeness (QED) is 0.561. The Morgan fingerprint density at radius 3 is 2.52 bits per heavy atom. The van der Waals surface area contributed by atoms with Crippen molar-refractivity contribution in [3.8, 4) is 11.5 Å². The van der Waals surface area contributed by atoms with Gasteiger partial charge in [0.25, 0.3) is 5.91 Å². The highest BCUT2D eigenvalue weighted by atomic mass is 19.1. The first kappa shape index (κ1) is 17.9. The zero-order valence-corrected chi connectivity index (χ0v) is 13.0. The Kier molecular flexibility index (Phi) is 6.47. The van der Waals surface area contributed by atoms with Gasteiger partial charge in [0.2, 0.25) is 0 Å². The lowest BCUT2D eigenvalue weighted by Gasteiger charge is -2.06. The molecule has 130 valence electrons. The number of carbonyl (C=O) groups excluding carboxylic acids is 1. The minimum absolute atomic E-state index is 0.292. The number of aliphatic carboxylic acids is 1. The van der Waals surface area contributed by atoms with Crippen molar-refractivity contribution in [1.29, 1.82) is 0 Å². The highest BCUT2D eigenvalue weighted by molar-refractivity contribution is 5.85. The topological polar surface area (TPSA) is 97.2 Å². The minimum Gasteiger partial charge on any atom is -0.484 e. The standard InChI is InChI=1S/C17H15FN2O5/c18-13-5-7-14(8-6-13)24-10-16(21)20-19-9-12-3-1-2-4-15(12)25-11-17(22)23/h1-9H,10-11H2,(H,20,21)(H,22,23)/b19-9+. The third-order valence-electron chi connectivity index (χ3n) is 2.85. The fourth-order valence-electron chi connectivity index (χ4n) is 1.74. The van der Waals surface area contributed by atoms with E-state index in [2.05, 4.69) is 10.5 Å². The first-order chi connectivity index (χ1) is 12.0. The largest absolute Gasteiger partial charge is 0.484 e. The maximum absolute atomic E-state index is 12.7. The number of hydrazone groups is 1. The van der Waals surface area contributed by atoms with Crippen molar-refractivity contribution in [3.05, 3.63) is 59.9 Å². The monoisotopic (exact) mass is 346 g/mol. The van der Waals surface area contributed by atoms with E-state index in [9.17, 15) is 14.0 Å². The van der Waals surface area contributed by atoms with Gasteiger partial charge in [0.05, 0.1) is 6.21 Å². The number of carboxylic acids is 1. The number of carboxylic acid groups (broad SMARTS) is 1. The van der Waals surface area contributed by atoms with Crippen LogP contribution in [0.15, 0.2) is 53.6 Å². The van der Waals surface area contributed by atoms with E-state index in [1.165, 1.54) is 30.5 Å². The number of hydrogen-bond acceptors (Lipinski definition) is 5. The van der Waals surface area contributed by atoms with E-state index in [0.717, 1.165) is 0 Å². The number of carbonyl (C=O) groups is 2. The summed E-state index contributed by atoms with van der Waals surface area (Å²) in [6.45, 7) is -0.775. The molecule has 2 aromatic carbocycles. The van der Waals surface area contributed by atoms with Crippen molar-refractivity contribution in [2.24, 2.45) is 5.10 Å². The molecule has 0 radical (unpaired) electrons. The zero-order valence-electron chi connectivity index (χ0n) is 13.0. The van der Waals surface area contributed by atoms with E-state index >= 15 is 0 Å². The molecule has 0 unspecified atom stereocenters. The summed E-state index contributed by atoms with van der Waals surface area (Å²) in [5.41, 5.74) is 2.77. The van der Waals surface area contributed by atoms with E-state index in [-0.39, 0.29) is 6.61 Å². The summed E-state index contributed by atoms with van der Waals surface area (Å²) in [4.78, 5) is 22.2. The molecule has 8 heteroatoms. The van der Waals surface area contributed by atoms with E-state index in [4.69, 9.17) is 14.6 Å². The van der Waals surface area contributed by atoms with Crippen LogP contribution in [0.3, 0.4) is 0 Å². The molecule has 0 aromatic heterocycles. The molecule has 0 fully saturated rings. The summed E-state index contributed by atoms with van der Waals surface area (Å²) in [6, 6.07) is 11.9. The number of nitrogens with one attached hydrogen (secondary N) is 1. The Morgan fingerprint density at radius 1 is 1.08 bits per heavy atom. The second kappa shape index (κ2) is 9.02. The predicted octanol–water partition coefficient (Wildman–Crippen LogP) is 1.82. The fourth-order valence-corrected chi connectivity index (χ4v) is 1.74. The van der Waals surface area contributed by atoms with Crippen LogP contribution in [0.25, 0.3) is 0 Å². The SMILES string of the molecule is O=C(O)COc1ccccc1/C=N/NC(=O)COc1ccc(F)cc1. The molecular formula is C17H15FN2O5. The number of halogens is 1. The van der Waals surface area contributed by atoms with Gasteiger partial charge in [0.1, 0.15) is 17.3 Å². The number of nitrogens with zero attached hydrogens (tertiary/aromatic N) is 1. The van der Waals surface area contributed by atoms with Crippen molar-refractivity contribution in [2.75, 3.05) is 13.2 Å². The van der Waals surface area contributed by atoms with E-state index in [0.29, 0.717) is 17.1 Å². The summed E-state index contributed by atoms with van der Waals surface area (Å²) in [5, 5.41) is 12.4. The second-order valence-corrected chi connectivity index (χ2v) is 4.76. The molecule has 0 saturated heterocycles. The molecule has 2 N–H and O–H groups in total. The third-order valence-corrected chi connectivity index (χ3v) is 2.85. The molecular weight excluding hydrogens is 331 g/mol. The van der Waals surface area contributed by atoms with Crippen LogP contribution in [0.4, 0.5) is 4.39 Å². The number of amides is 1. The van der Waals surface area contributed by atoms with Gasteiger partial charge in [-0.3, -0.25) is 4.79 Å². The van der Waals surface area contributed by atoms with Crippen molar-refractivity contribution < 1.29 is 28.6 Å². The predicted molar refractivity (Wildman–Crippen MR) is 87.2 cm³/mol. The van der Waals surface area contributed by atoms with Crippen LogP contribution < -0.4 is 14.9 Å². The Balaban J connectivity index is 1.84. The molecule has 0 aliphatic carbocycles. The van der Waals surface area contributed by atoms with E-state index in [1.54, 1.807) is 24.3 Å². The third kappa shape index (κ3) is 6.30. The van der Waals surface area contributed by atoms with Crippen LogP contribution in [0, 0.1) is 5.82 Å². The van der Waals surface area contributed by atoms with Gasteiger partial charge in [-0.2, -0.15) is 5.10 Å². The maximum Gasteiger partial charge on any atom is 0.341 e. The molecule has 0 aliphatic rings. The Hall–Kier alpha value is -3.42. The molecule has 25 heavy (non-hydrogen) atoms. The van der Waals surface area contributed by atoms with Gasteiger partial charge in [0, 0.05) is 5.56 Å². The van der Waals surface area contributed by atoms with Crippen LogP contribution in [-0.4, -0.2) is 36.4 Å². The van der Waals surface area contributed by atoms with Crippen molar-refractivity contribution in [2.45, 2.75) is 0 Å². The van der Waals surface area contributed by atoms with Gasteiger partial charge in [-0.05, 0) is 36.4 Å². The summed E-state index contributed by atoms with van der Waals surface area (Å²) in [7, 11) is 0. The van der Waals surface area contributed by atoms with E-state index < -0.39 is 24.3 Å². The molecule has 7 nitrogen and oxygen atoms in total. The molecule has 0 atom stereocenters. The lowest BCUT2D eigenvalue weighted by atomic mass is 10.2. The molecule has 0 bridgehead atoms. The first-order valence-electron chi connectivity index (χ1n) is 7.18. The normalized spacial score (nSPS) is 10.4. The summed E-state index contributed by atoms with van der Waals surface area (Å²) >= 11 is 0.